The van der Waals surface area contributed by atoms with Crippen molar-refractivity contribution in [1.82, 2.24) is 10.1 Å². The standard InChI is InChI=1S/C21H37N3O3/c1-16(2)17(3)20-15-21(22-27-20)24-11-7-19(8-12-24)26-14-13-23-9-5-18(25-4)6-10-23/h15-19H,5-14H2,1-4H3. The second-order valence-corrected chi connectivity index (χ2v) is 8.45. The zero-order valence-corrected chi connectivity index (χ0v) is 17.5. The molecule has 6 nitrogen and oxygen atoms in total. The van der Waals surface area contributed by atoms with E-state index in [1.807, 2.05) is 7.11 Å². The molecule has 2 aliphatic rings. The minimum Gasteiger partial charge on any atom is -0.381 e. The molecule has 0 aliphatic carbocycles. The van der Waals surface area contributed by atoms with Crippen molar-refractivity contribution in [3.05, 3.63) is 11.8 Å². The third-order valence-electron chi connectivity index (χ3n) is 6.36. The zero-order chi connectivity index (χ0) is 19.2. The first-order valence-corrected chi connectivity index (χ1v) is 10.6. The Kier molecular flexibility index (Phi) is 7.56. The average Bonchev–Trinajstić information content (AvgIpc) is 3.18. The minimum atomic E-state index is 0.374. The summed E-state index contributed by atoms with van der Waals surface area (Å²) in [5, 5.41) is 4.30. The summed E-state index contributed by atoms with van der Waals surface area (Å²) in [6.45, 7) is 12.8. The van der Waals surface area contributed by atoms with Crippen molar-refractivity contribution < 1.29 is 14.0 Å². The zero-order valence-electron chi connectivity index (χ0n) is 17.5. The number of hydrogen-bond acceptors (Lipinski definition) is 6. The number of nitrogens with zero attached hydrogens (tertiary/aromatic N) is 3. The van der Waals surface area contributed by atoms with E-state index >= 15 is 0 Å². The quantitative estimate of drug-likeness (QED) is 0.689. The van der Waals surface area contributed by atoms with Crippen LogP contribution in [0, 0.1) is 5.92 Å². The van der Waals surface area contributed by atoms with Crippen LogP contribution in [-0.2, 0) is 9.47 Å². The van der Waals surface area contributed by atoms with Gasteiger partial charge in [0.2, 0.25) is 0 Å². The molecule has 2 aliphatic heterocycles. The van der Waals surface area contributed by atoms with Gasteiger partial charge in [-0.2, -0.15) is 0 Å². The second kappa shape index (κ2) is 9.89. The highest BCUT2D eigenvalue weighted by Crippen LogP contribution is 2.28. The summed E-state index contributed by atoms with van der Waals surface area (Å²) in [5.41, 5.74) is 0. The Labute approximate surface area is 164 Å². The topological polar surface area (TPSA) is 51.0 Å². The number of rotatable bonds is 8. The molecule has 1 unspecified atom stereocenters. The SMILES string of the molecule is COC1CCN(CCOC2CCN(c3cc(C(C)C(C)C)on3)CC2)CC1. The highest BCUT2D eigenvalue weighted by atomic mass is 16.5. The Bertz CT molecular complexity index is 547. The van der Waals surface area contributed by atoms with Crippen LogP contribution >= 0.6 is 0 Å². The number of aromatic nitrogens is 1. The first-order valence-electron chi connectivity index (χ1n) is 10.6. The third-order valence-corrected chi connectivity index (χ3v) is 6.36. The fourth-order valence-electron chi connectivity index (χ4n) is 3.94. The molecule has 27 heavy (non-hydrogen) atoms. The van der Waals surface area contributed by atoms with E-state index < -0.39 is 0 Å². The number of anilines is 1. The molecule has 2 fully saturated rings. The Morgan fingerprint density at radius 3 is 2.37 bits per heavy atom. The van der Waals surface area contributed by atoms with Gasteiger partial charge in [-0.25, -0.2) is 0 Å². The molecular formula is C21H37N3O3. The first kappa shape index (κ1) is 20.6. The Hall–Kier alpha value is -1.11. The Morgan fingerprint density at radius 1 is 1.07 bits per heavy atom. The van der Waals surface area contributed by atoms with Crippen molar-refractivity contribution in [2.75, 3.05) is 51.3 Å². The van der Waals surface area contributed by atoms with Crippen LogP contribution in [0.1, 0.15) is 58.1 Å². The summed E-state index contributed by atoms with van der Waals surface area (Å²) in [5.74, 6) is 2.94. The molecule has 0 N–H and O–H groups in total. The molecule has 1 atom stereocenters. The van der Waals surface area contributed by atoms with Crippen LogP contribution in [0.15, 0.2) is 10.6 Å². The summed E-state index contributed by atoms with van der Waals surface area (Å²) in [7, 11) is 1.82. The molecule has 154 valence electrons. The van der Waals surface area contributed by atoms with Gasteiger partial charge in [0.15, 0.2) is 5.82 Å². The molecule has 1 aromatic heterocycles. The average molecular weight is 380 g/mol. The summed E-state index contributed by atoms with van der Waals surface area (Å²) >= 11 is 0. The molecule has 3 rings (SSSR count). The predicted molar refractivity (Wildman–Crippen MR) is 107 cm³/mol. The van der Waals surface area contributed by atoms with Gasteiger partial charge in [0.25, 0.3) is 0 Å². The Morgan fingerprint density at radius 2 is 1.74 bits per heavy atom. The lowest BCUT2D eigenvalue weighted by Gasteiger charge is -2.33. The summed E-state index contributed by atoms with van der Waals surface area (Å²) in [6, 6.07) is 2.12. The van der Waals surface area contributed by atoms with Gasteiger partial charge in [-0.15, -0.1) is 0 Å². The minimum absolute atomic E-state index is 0.374. The van der Waals surface area contributed by atoms with Gasteiger partial charge in [0, 0.05) is 51.8 Å². The molecule has 6 heteroatoms. The van der Waals surface area contributed by atoms with E-state index in [9.17, 15) is 0 Å². The van der Waals surface area contributed by atoms with Gasteiger partial charge in [0.1, 0.15) is 5.76 Å². The number of likely N-dealkylation sites (tertiary alicyclic amines) is 1. The highest BCUT2D eigenvalue weighted by molar-refractivity contribution is 5.39. The molecule has 0 saturated carbocycles. The molecule has 0 spiro atoms. The second-order valence-electron chi connectivity index (χ2n) is 8.45. The molecule has 3 heterocycles. The molecule has 0 radical (unpaired) electrons. The van der Waals surface area contributed by atoms with Crippen LogP contribution in [0.3, 0.4) is 0 Å². The van der Waals surface area contributed by atoms with E-state index in [1.165, 1.54) is 0 Å². The van der Waals surface area contributed by atoms with Gasteiger partial charge >= 0.3 is 0 Å². The smallest absolute Gasteiger partial charge is 0.172 e. The van der Waals surface area contributed by atoms with Crippen molar-refractivity contribution in [2.45, 2.75) is 64.6 Å². The van der Waals surface area contributed by atoms with E-state index in [1.54, 1.807) is 0 Å². The number of methoxy groups -OCH3 is 1. The summed E-state index contributed by atoms with van der Waals surface area (Å²) < 4.78 is 17.2. The van der Waals surface area contributed by atoms with Crippen LogP contribution in [-0.4, -0.2) is 68.7 Å². The van der Waals surface area contributed by atoms with Crippen molar-refractivity contribution >= 4 is 5.82 Å². The monoisotopic (exact) mass is 379 g/mol. The summed E-state index contributed by atoms with van der Waals surface area (Å²) in [6.07, 6.45) is 5.24. The maximum Gasteiger partial charge on any atom is 0.172 e. The van der Waals surface area contributed by atoms with Gasteiger partial charge < -0.3 is 23.8 Å². The van der Waals surface area contributed by atoms with Crippen LogP contribution in [0.4, 0.5) is 5.82 Å². The van der Waals surface area contributed by atoms with Crippen LogP contribution < -0.4 is 4.90 Å². The number of hydrogen-bond donors (Lipinski definition) is 0. The van der Waals surface area contributed by atoms with E-state index in [0.717, 1.165) is 76.6 Å². The maximum absolute atomic E-state index is 6.15. The lowest BCUT2D eigenvalue weighted by Crippen LogP contribution is -2.40. The Balaban J connectivity index is 1.34. The summed E-state index contributed by atoms with van der Waals surface area (Å²) in [4.78, 5) is 4.83. The number of piperidine rings is 2. The maximum atomic E-state index is 6.15. The van der Waals surface area contributed by atoms with Crippen molar-refractivity contribution in [1.29, 1.82) is 0 Å². The molecule has 2 saturated heterocycles. The molecule has 0 amide bonds. The van der Waals surface area contributed by atoms with Gasteiger partial charge in [-0.05, 0) is 31.6 Å². The van der Waals surface area contributed by atoms with Gasteiger partial charge in [-0.3, -0.25) is 0 Å². The number of ether oxygens (including phenoxy) is 2. The van der Waals surface area contributed by atoms with Crippen molar-refractivity contribution in [3.63, 3.8) is 0 Å². The molecule has 0 aromatic carbocycles. The van der Waals surface area contributed by atoms with E-state index in [-0.39, 0.29) is 0 Å². The molecule has 1 aromatic rings. The fraction of sp³-hybridized carbons (Fsp3) is 0.857. The van der Waals surface area contributed by atoms with Gasteiger partial charge in [-0.1, -0.05) is 25.9 Å². The van der Waals surface area contributed by atoms with E-state index in [4.69, 9.17) is 14.0 Å². The molecular weight excluding hydrogens is 342 g/mol. The lowest BCUT2D eigenvalue weighted by molar-refractivity contribution is 0.00343. The largest absolute Gasteiger partial charge is 0.381 e. The predicted octanol–water partition coefficient (Wildman–Crippen LogP) is 3.53. The third kappa shape index (κ3) is 5.69. The van der Waals surface area contributed by atoms with Crippen LogP contribution in [0.25, 0.3) is 0 Å². The van der Waals surface area contributed by atoms with E-state index in [0.29, 0.717) is 24.0 Å². The van der Waals surface area contributed by atoms with Crippen LogP contribution in [0.5, 0.6) is 0 Å². The molecule has 0 bridgehead atoms. The first-order chi connectivity index (χ1) is 13.1. The van der Waals surface area contributed by atoms with E-state index in [2.05, 4.69) is 41.8 Å². The lowest BCUT2D eigenvalue weighted by atomic mass is 9.95. The highest BCUT2D eigenvalue weighted by Gasteiger charge is 2.24. The van der Waals surface area contributed by atoms with Crippen molar-refractivity contribution in [3.8, 4) is 0 Å². The van der Waals surface area contributed by atoms with Crippen LogP contribution in [0.2, 0.25) is 0 Å². The van der Waals surface area contributed by atoms with Crippen molar-refractivity contribution in [2.24, 2.45) is 5.92 Å². The normalized spacial score (nSPS) is 21.9. The fourth-order valence-corrected chi connectivity index (χ4v) is 3.94. The van der Waals surface area contributed by atoms with Gasteiger partial charge in [0.05, 0.1) is 18.8 Å².